The van der Waals surface area contributed by atoms with Gasteiger partial charge in [0.15, 0.2) is 0 Å². The Morgan fingerprint density at radius 2 is 2.26 bits per heavy atom. The van der Waals surface area contributed by atoms with E-state index in [4.69, 9.17) is 0 Å². The molecule has 0 spiro atoms. The van der Waals surface area contributed by atoms with Crippen LogP contribution in [0.2, 0.25) is 0 Å². The summed E-state index contributed by atoms with van der Waals surface area (Å²) in [7, 11) is 0. The van der Waals surface area contributed by atoms with Crippen LogP contribution in [0.4, 0.5) is 5.82 Å². The molecule has 104 valence electrons. The Labute approximate surface area is 114 Å². The van der Waals surface area contributed by atoms with Gasteiger partial charge in [-0.15, -0.1) is 0 Å². The number of piperidine rings is 1. The van der Waals surface area contributed by atoms with Crippen LogP contribution in [0.5, 0.6) is 0 Å². The van der Waals surface area contributed by atoms with E-state index in [1.54, 1.807) is 12.4 Å². The lowest BCUT2D eigenvalue weighted by Crippen LogP contribution is -2.43. The van der Waals surface area contributed by atoms with Crippen LogP contribution in [0.1, 0.15) is 50.0 Å². The lowest BCUT2D eigenvalue weighted by molar-refractivity contribution is 0.0601. The molecular weight excluding hydrogens is 240 g/mol. The first-order valence-corrected chi connectivity index (χ1v) is 7.13. The number of hydrogen-bond acceptors (Lipinski definition) is 4. The van der Waals surface area contributed by atoms with Crippen LogP contribution in [0.25, 0.3) is 0 Å². The molecule has 1 unspecified atom stereocenters. The number of likely N-dealkylation sites (tertiary alicyclic amines) is 1. The largest absolute Gasteiger partial charge is 0.369 e. The number of nitrogens with one attached hydrogen (secondary N) is 1. The molecule has 1 atom stereocenters. The number of carbonyl (C=O) groups is 1. The average molecular weight is 262 g/mol. The first-order chi connectivity index (χ1) is 9.26. The minimum Gasteiger partial charge on any atom is -0.369 e. The van der Waals surface area contributed by atoms with E-state index in [-0.39, 0.29) is 5.91 Å². The highest BCUT2D eigenvalue weighted by Crippen LogP contribution is 2.21. The molecule has 0 aliphatic carbocycles. The Morgan fingerprint density at radius 1 is 1.42 bits per heavy atom. The van der Waals surface area contributed by atoms with Gasteiger partial charge in [0.1, 0.15) is 11.5 Å². The molecule has 1 aliphatic rings. The van der Waals surface area contributed by atoms with Gasteiger partial charge in [-0.1, -0.05) is 6.92 Å². The van der Waals surface area contributed by atoms with Crippen LogP contribution in [0.15, 0.2) is 12.4 Å². The standard InChI is InChI=1S/C14H22N4O/c1-3-11-7-5-6-8-18(11)14(19)12-9-15-10-13(17-12)16-4-2/h9-11H,3-8H2,1-2H3,(H,16,17). The summed E-state index contributed by atoms with van der Waals surface area (Å²) in [6.45, 7) is 5.74. The second-order valence-electron chi connectivity index (χ2n) is 4.88. The molecule has 0 bridgehead atoms. The SMILES string of the molecule is CCNc1cncc(C(=O)N2CCCCC2CC)n1. The quantitative estimate of drug-likeness (QED) is 0.904. The molecule has 1 fully saturated rings. The van der Waals surface area contributed by atoms with E-state index in [1.807, 2.05) is 11.8 Å². The predicted octanol–water partition coefficient (Wildman–Crippen LogP) is 2.31. The first kappa shape index (κ1) is 13.8. The molecule has 5 nitrogen and oxygen atoms in total. The second kappa shape index (κ2) is 6.50. The molecule has 2 heterocycles. The summed E-state index contributed by atoms with van der Waals surface area (Å²) in [4.78, 5) is 22.9. The van der Waals surface area contributed by atoms with Crippen molar-refractivity contribution in [2.75, 3.05) is 18.4 Å². The fourth-order valence-corrected chi connectivity index (χ4v) is 2.57. The maximum absolute atomic E-state index is 12.5. The van der Waals surface area contributed by atoms with E-state index in [1.165, 1.54) is 6.42 Å². The van der Waals surface area contributed by atoms with Crippen LogP contribution in [0, 0.1) is 0 Å². The summed E-state index contributed by atoms with van der Waals surface area (Å²) in [5, 5.41) is 3.09. The van der Waals surface area contributed by atoms with E-state index in [0.29, 0.717) is 17.6 Å². The third-order valence-electron chi connectivity index (χ3n) is 3.57. The molecule has 1 aliphatic heterocycles. The van der Waals surface area contributed by atoms with Gasteiger partial charge in [0.05, 0.1) is 12.4 Å². The first-order valence-electron chi connectivity index (χ1n) is 7.13. The van der Waals surface area contributed by atoms with Crippen LogP contribution in [-0.4, -0.2) is 39.9 Å². The van der Waals surface area contributed by atoms with Crippen molar-refractivity contribution in [2.45, 2.75) is 45.6 Å². The molecule has 2 rings (SSSR count). The van der Waals surface area contributed by atoms with E-state index in [2.05, 4.69) is 22.2 Å². The van der Waals surface area contributed by atoms with Gasteiger partial charge in [0, 0.05) is 19.1 Å². The second-order valence-corrected chi connectivity index (χ2v) is 4.88. The van der Waals surface area contributed by atoms with E-state index in [0.717, 1.165) is 32.4 Å². The topological polar surface area (TPSA) is 58.1 Å². The summed E-state index contributed by atoms with van der Waals surface area (Å²) < 4.78 is 0. The smallest absolute Gasteiger partial charge is 0.274 e. The van der Waals surface area contributed by atoms with E-state index >= 15 is 0 Å². The number of rotatable bonds is 4. The average Bonchev–Trinajstić information content (AvgIpc) is 2.47. The van der Waals surface area contributed by atoms with Gasteiger partial charge in [-0.3, -0.25) is 9.78 Å². The molecule has 0 saturated carbocycles. The zero-order valence-corrected chi connectivity index (χ0v) is 11.7. The van der Waals surface area contributed by atoms with Crippen LogP contribution in [0.3, 0.4) is 0 Å². The number of nitrogens with zero attached hydrogens (tertiary/aromatic N) is 3. The van der Waals surface area contributed by atoms with Gasteiger partial charge in [0.2, 0.25) is 0 Å². The zero-order chi connectivity index (χ0) is 13.7. The highest BCUT2D eigenvalue weighted by Gasteiger charge is 2.27. The van der Waals surface area contributed by atoms with Gasteiger partial charge in [-0.05, 0) is 32.6 Å². The molecule has 1 amide bonds. The highest BCUT2D eigenvalue weighted by molar-refractivity contribution is 5.92. The minimum absolute atomic E-state index is 0.0128. The monoisotopic (exact) mass is 262 g/mol. The number of carbonyl (C=O) groups excluding carboxylic acids is 1. The summed E-state index contributed by atoms with van der Waals surface area (Å²) in [5.41, 5.74) is 0.443. The fourth-order valence-electron chi connectivity index (χ4n) is 2.57. The highest BCUT2D eigenvalue weighted by atomic mass is 16.2. The Bertz CT molecular complexity index is 435. The molecule has 0 radical (unpaired) electrons. The summed E-state index contributed by atoms with van der Waals surface area (Å²) in [6.07, 6.45) is 7.61. The maximum atomic E-state index is 12.5. The summed E-state index contributed by atoms with van der Waals surface area (Å²) >= 11 is 0. The zero-order valence-electron chi connectivity index (χ0n) is 11.7. The van der Waals surface area contributed by atoms with Crippen molar-refractivity contribution in [3.63, 3.8) is 0 Å². The molecular formula is C14H22N4O. The minimum atomic E-state index is 0.0128. The number of amides is 1. The molecule has 0 aromatic carbocycles. The van der Waals surface area contributed by atoms with Crippen molar-refractivity contribution in [3.05, 3.63) is 18.1 Å². The van der Waals surface area contributed by atoms with Gasteiger partial charge in [-0.25, -0.2) is 4.98 Å². The Hall–Kier alpha value is -1.65. The Kier molecular flexibility index (Phi) is 4.71. The third-order valence-corrected chi connectivity index (χ3v) is 3.57. The lowest BCUT2D eigenvalue weighted by Gasteiger charge is -2.35. The Morgan fingerprint density at radius 3 is 3.00 bits per heavy atom. The van der Waals surface area contributed by atoms with Gasteiger partial charge >= 0.3 is 0 Å². The van der Waals surface area contributed by atoms with Gasteiger partial charge < -0.3 is 10.2 Å². The Balaban J connectivity index is 2.15. The molecule has 1 saturated heterocycles. The number of hydrogen-bond donors (Lipinski definition) is 1. The van der Waals surface area contributed by atoms with Gasteiger partial charge in [0.25, 0.3) is 5.91 Å². The molecule has 19 heavy (non-hydrogen) atoms. The molecule has 1 aromatic heterocycles. The van der Waals surface area contributed by atoms with Gasteiger partial charge in [-0.2, -0.15) is 0 Å². The van der Waals surface area contributed by atoms with Crippen LogP contribution in [-0.2, 0) is 0 Å². The fraction of sp³-hybridized carbons (Fsp3) is 0.643. The third kappa shape index (κ3) is 3.22. The van der Waals surface area contributed by atoms with Crippen LogP contribution >= 0.6 is 0 Å². The van der Waals surface area contributed by atoms with Crippen molar-refractivity contribution < 1.29 is 4.79 Å². The maximum Gasteiger partial charge on any atom is 0.274 e. The van der Waals surface area contributed by atoms with Crippen LogP contribution < -0.4 is 5.32 Å². The van der Waals surface area contributed by atoms with Crippen molar-refractivity contribution in [2.24, 2.45) is 0 Å². The predicted molar refractivity (Wildman–Crippen MR) is 75.2 cm³/mol. The number of anilines is 1. The van der Waals surface area contributed by atoms with Crippen molar-refractivity contribution in [3.8, 4) is 0 Å². The number of aromatic nitrogens is 2. The lowest BCUT2D eigenvalue weighted by atomic mass is 10.00. The van der Waals surface area contributed by atoms with E-state index in [9.17, 15) is 4.79 Å². The van der Waals surface area contributed by atoms with Crippen molar-refractivity contribution in [1.29, 1.82) is 0 Å². The normalized spacial score (nSPS) is 19.3. The van der Waals surface area contributed by atoms with E-state index < -0.39 is 0 Å². The summed E-state index contributed by atoms with van der Waals surface area (Å²) in [6, 6.07) is 0.353. The molecule has 1 aromatic rings. The molecule has 5 heteroatoms. The van der Waals surface area contributed by atoms with Crippen molar-refractivity contribution >= 4 is 11.7 Å². The summed E-state index contributed by atoms with van der Waals surface area (Å²) in [5.74, 6) is 0.678. The molecule has 1 N–H and O–H groups in total. The van der Waals surface area contributed by atoms with Crippen molar-refractivity contribution in [1.82, 2.24) is 14.9 Å².